The van der Waals surface area contributed by atoms with Gasteiger partial charge in [0.2, 0.25) is 0 Å². The average molecular weight is 666 g/mol. The van der Waals surface area contributed by atoms with Gasteiger partial charge in [-0.25, -0.2) is 0 Å². The molecule has 0 radical (unpaired) electrons. The minimum atomic E-state index is 0.277. The van der Waals surface area contributed by atoms with Crippen LogP contribution >= 0.6 is 0 Å². The first kappa shape index (κ1) is 30.2. The van der Waals surface area contributed by atoms with Crippen LogP contribution in [0.1, 0.15) is 11.5 Å². The Morgan fingerprint density at radius 3 is 2.13 bits per heavy atom. The summed E-state index contributed by atoms with van der Waals surface area (Å²) in [7, 11) is 0. The lowest BCUT2D eigenvalue weighted by molar-refractivity contribution is 0.669. The van der Waals surface area contributed by atoms with E-state index in [2.05, 4.69) is 199 Å². The molecule has 1 heterocycles. The van der Waals surface area contributed by atoms with Crippen molar-refractivity contribution in [1.29, 1.82) is 0 Å². The first-order chi connectivity index (χ1) is 25.8. The lowest BCUT2D eigenvalue weighted by atomic mass is 9.76. The highest BCUT2D eigenvalue weighted by molar-refractivity contribution is 6.14. The van der Waals surface area contributed by atoms with Gasteiger partial charge in [-0.1, -0.05) is 164 Å². The molecule has 7 aromatic carbocycles. The van der Waals surface area contributed by atoms with Crippen molar-refractivity contribution in [3.8, 4) is 22.3 Å². The summed E-state index contributed by atoms with van der Waals surface area (Å²) in [6.07, 6.45) is 15.7. The van der Waals surface area contributed by atoms with Crippen LogP contribution < -0.4 is 4.90 Å². The smallest absolute Gasteiger partial charge is 0.137 e. The SMILES string of the molecule is C1=CC2=CC=CC(c3ccc(N(c4cc(-c5cccc6ccccc56)ccc4-c4ccccc4)c4cccc5oc6ccccc6c45)cc3)C2C=C1. The predicted octanol–water partition coefficient (Wildman–Crippen LogP) is 13.9. The van der Waals surface area contributed by atoms with Gasteiger partial charge >= 0.3 is 0 Å². The lowest BCUT2D eigenvalue weighted by Crippen LogP contribution is -2.15. The molecule has 10 rings (SSSR count). The Labute approximate surface area is 303 Å². The average Bonchev–Trinajstić information content (AvgIpc) is 3.61. The standard InChI is InChI=1S/C50H35NO/c1-2-13-36(14-3-1)44-32-29-38(43-23-11-18-35-16-5-7-20-41(35)43)33-47(44)51(46-24-12-26-49-50(46)45-21-8-9-25-48(45)52-49)39-30-27-37(28-31-39)42-22-10-17-34-15-4-6-19-40(34)42/h1-33,40,42H. The zero-order valence-corrected chi connectivity index (χ0v) is 28.6. The number of rotatable bonds is 6. The molecule has 2 nitrogen and oxygen atoms in total. The summed E-state index contributed by atoms with van der Waals surface area (Å²) in [6.45, 7) is 0. The Morgan fingerprint density at radius 2 is 1.23 bits per heavy atom. The molecule has 1 aromatic heterocycles. The van der Waals surface area contributed by atoms with Gasteiger partial charge in [-0.05, 0) is 75.0 Å². The van der Waals surface area contributed by atoms with Crippen molar-refractivity contribution in [1.82, 2.24) is 0 Å². The molecule has 0 bridgehead atoms. The lowest BCUT2D eigenvalue weighted by Gasteiger charge is -2.31. The van der Waals surface area contributed by atoms with Crippen LogP contribution in [0.2, 0.25) is 0 Å². The van der Waals surface area contributed by atoms with Gasteiger partial charge in [-0.15, -0.1) is 0 Å². The molecule has 2 aliphatic carbocycles. The molecular formula is C50H35NO. The van der Waals surface area contributed by atoms with Gasteiger partial charge in [0.25, 0.3) is 0 Å². The summed E-state index contributed by atoms with van der Waals surface area (Å²) in [5.74, 6) is 0.615. The number of benzene rings is 7. The van der Waals surface area contributed by atoms with Gasteiger partial charge in [0.1, 0.15) is 11.2 Å². The van der Waals surface area contributed by atoms with Crippen molar-refractivity contribution < 1.29 is 4.42 Å². The van der Waals surface area contributed by atoms with Crippen LogP contribution in [0, 0.1) is 5.92 Å². The Hall–Kier alpha value is -6.64. The maximum atomic E-state index is 6.47. The summed E-state index contributed by atoms with van der Waals surface area (Å²) in [5.41, 5.74) is 12.4. The number of para-hydroxylation sites is 1. The molecule has 0 saturated heterocycles. The molecule has 8 aromatic rings. The second-order valence-electron chi connectivity index (χ2n) is 13.6. The molecular weight excluding hydrogens is 631 g/mol. The number of allylic oxidation sites excluding steroid dienone is 8. The van der Waals surface area contributed by atoms with Crippen LogP contribution in [-0.2, 0) is 0 Å². The molecule has 0 amide bonds. The van der Waals surface area contributed by atoms with Crippen LogP contribution in [0.25, 0.3) is 55.0 Å². The second-order valence-corrected chi connectivity index (χ2v) is 13.6. The molecule has 2 heteroatoms. The van der Waals surface area contributed by atoms with E-state index in [1.165, 1.54) is 33.0 Å². The van der Waals surface area contributed by atoms with E-state index >= 15 is 0 Å². The van der Waals surface area contributed by atoms with Crippen LogP contribution in [0.3, 0.4) is 0 Å². The summed E-state index contributed by atoms with van der Waals surface area (Å²) in [6, 6.07) is 56.9. The third-order valence-electron chi connectivity index (χ3n) is 10.7. The monoisotopic (exact) mass is 665 g/mol. The molecule has 0 saturated carbocycles. The first-order valence-corrected chi connectivity index (χ1v) is 18.0. The number of furan rings is 1. The Kier molecular flexibility index (Phi) is 7.32. The normalized spacial score (nSPS) is 16.3. The number of fused-ring (bicyclic) bond motifs is 5. The van der Waals surface area contributed by atoms with Crippen molar-refractivity contribution in [2.45, 2.75) is 5.92 Å². The molecule has 0 N–H and O–H groups in total. The molecule has 2 aliphatic rings. The molecule has 2 unspecified atom stereocenters. The quantitative estimate of drug-likeness (QED) is 0.176. The van der Waals surface area contributed by atoms with E-state index in [1.807, 2.05) is 6.07 Å². The predicted molar refractivity (Wildman–Crippen MR) is 219 cm³/mol. The molecule has 2 atom stereocenters. The zero-order chi connectivity index (χ0) is 34.4. The first-order valence-electron chi connectivity index (χ1n) is 18.0. The number of hydrogen-bond acceptors (Lipinski definition) is 2. The van der Waals surface area contributed by atoms with E-state index in [-0.39, 0.29) is 5.92 Å². The topological polar surface area (TPSA) is 16.4 Å². The third-order valence-corrected chi connectivity index (χ3v) is 10.7. The van der Waals surface area contributed by atoms with Gasteiger partial charge < -0.3 is 9.32 Å². The van der Waals surface area contributed by atoms with E-state index in [0.717, 1.165) is 50.1 Å². The van der Waals surface area contributed by atoms with Crippen molar-refractivity contribution in [3.05, 3.63) is 211 Å². The van der Waals surface area contributed by atoms with Gasteiger partial charge in [0.15, 0.2) is 0 Å². The minimum absolute atomic E-state index is 0.277. The van der Waals surface area contributed by atoms with Crippen LogP contribution in [0.4, 0.5) is 17.1 Å². The largest absolute Gasteiger partial charge is 0.456 e. The van der Waals surface area contributed by atoms with E-state index in [9.17, 15) is 0 Å². The maximum Gasteiger partial charge on any atom is 0.137 e. The van der Waals surface area contributed by atoms with Crippen molar-refractivity contribution in [3.63, 3.8) is 0 Å². The third kappa shape index (κ3) is 5.11. The van der Waals surface area contributed by atoms with E-state index in [0.29, 0.717) is 5.92 Å². The van der Waals surface area contributed by atoms with E-state index in [4.69, 9.17) is 4.42 Å². The number of hydrogen-bond donors (Lipinski definition) is 0. The van der Waals surface area contributed by atoms with Gasteiger partial charge in [0.05, 0.1) is 16.8 Å². The van der Waals surface area contributed by atoms with Crippen molar-refractivity contribution in [2.75, 3.05) is 4.90 Å². The van der Waals surface area contributed by atoms with Gasteiger partial charge in [0, 0.05) is 28.5 Å². The van der Waals surface area contributed by atoms with Gasteiger partial charge in [-0.2, -0.15) is 0 Å². The summed E-state index contributed by atoms with van der Waals surface area (Å²) >= 11 is 0. The summed E-state index contributed by atoms with van der Waals surface area (Å²) in [4.78, 5) is 2.44. The molecule has 0 fully saturated rings. The number of anilines is 3. The van der Waals surface area contributed by atoms with Crippen LogP contribution in [0.5, 0.6) is 0 Å². The van der Waals surface area contributed by atoms with Crippen LogP contribution in [-0.4, -0.2) is 0 Å². The van der Waals surface area contributed by atoms with Gasteiger partial charge in [-0.3, -0.25) is 0 Å². The van der Waals surface area contributed by atoms with E-state index < -0.39 is 0 Å². The minimum Gasteiger partial charge on any atom is -0.456 e. The van der Waals surface area contributed by atoms with Crippen LogP contribution in [0.15, 0.2) is 210 Å². The summed E-state index contributed by atoms with van der Waals surface area (Å²) < 4.78 is 6.47. The molecule has 246 valence electrons. The fourth-order valence-corrected chi connectivity index (χ4v) is 8.21. The molecule has 0 spiro atoms. The Morgan fingerprint density at radius 1 is 0.481 bits per heavy atom. The summed E-state index contributed by atoms with van der Waals surface area (Å²) in [5, 5.41) is 4.67. The Bertz CT molecular complexity index is 2740. The fourth-order valence-electron chi connectivity index (χ4n) is 8.21. The highest BCUT2D eigenvalue weighted by atomic mass is 16.3. The van der Waals surface area contributed by atoms with E-state index in [1.54, 1.807) is 0 Å². The fraction of sp³-hybridized carbons (Fsp3) is 0.0400. The highest BCUT2D eigenvalue weighted by Gasteiger charge is 2.26. The van der Waals surface area contributed by atoms with Crippen molar-refractivity contribution in [2.24, 2.45) is 5.92 Å². The molecule has 52 heavy (non-hydrogen) atoms. The van der Waals surface area contributed by atoms with Crippen molar-refractivity contribution >= 4 is 49.8 Å². The zero-order valence-electron chi connectivity index (χ0n) is 28.6. The Balaban J connectivity index is 1.22. The number of nitrogens with zero attached hydrogens (tertiary/aromatic N) is 1. The molecule has 0 aliphatic heterocycles. The second kappa shape index (κ2) is 12.6. The maximum absolute atomic E-state index is 6.47. The highest BCUT2D eigenvalue weighted by Crippen LogP contribution is 2.48.